The molecule has 5 heteroatoms. The van der Waals surface area contributed by atoms with Crippen LogP contribution >= 0.6 is 31.9 Å². The molecule has 2 rings (SSSR count). The molecule has 0 saturated carbocycles. The van der Waals surface area contributed by atoms with Gasteiger partial charge in [-0.05, 0) is 37.8 Å². The molecule has 1 aliphatic rings. The summed E-state index contributed by atoms with van der Waals surface area (Å²) in [5.74, 6) is 0.681. The topological polar surface area (TPSA) is 36.1 Å². The van der Waals surface area contributed by atoms with Crippen LogP contribution in [-0.4, -0.2) is 22.3 Å². The van der Waals surface area contributed by atoms with Gasteiger partial charge in [-0.25, -0.2) is 0 Å². The minimum absolute atomic E-state index is 0.259. The highest BCUT2D eigenvalue weighted by Gasteiger charge is 2.25. The van der Waals surface area contributed by atoms with E-state index in [2.05, 4.69) is 50.7 Å². The van der Waals surface area contributed by atoms with Crippen LogP contribution in [0.25, 0.3) is 0 Å². The van der Waals surface area contributed by atoms with Crippen molar-refractivity contribution in [1.29, 1.82) is 0 Å². The Morgan fingerprint density at radius 3 is 2.82 bits per heavy atom. The summed E-state index contributed by atoms with van der Waals surface area (Å²) in [5, 5.41) is 0. The van der Waals surface area contributed by atoms with E-state index in [0.29, 0.717) is 18.9 Å². The molecule has 1 aromatic heterocycles. The van der Waals surface area contributed by atoms with Crippen LogP contribution in [0.3, 0.4) is 0 Å². The van der Waals surface area contributed by atoms with Crippen molar-refractivity contribution < 1.29 is 4.79 Å². The SMILES string of the molecule is CC(C)CC(=O)N1CCc2[nH]c(Br)c(Br)c2C1. The zero-order chi connectivity index (χ0) is 12.6. The van der Waals surface area contributed by atoms with E-state index in [1.165, 1.54) is 11.3 Å². The second-order valence-corrected chi connectivity index (χ2v) is 6.46. The van der Waals surface area contributed by atoms with E-state index in [9.17, 15) is 4.79 Å². The predicted molar refractivity (Wildman–Crippen MR) is 74.8 cm³/mol. The number of nitrogens with one attached hydrogen (secondary N) is 1. The predicted octanol–water partition coefficient (Wildman–Crippen LogP) is 3.47. The lowest BCUT2D eigenvalue weighted by Gasteiger charge is -2.28. The summed E-state index contributed by atoms with van der Waals surface area (Å²) in [5.41, 5.74) is 2.44. The number of aromatic amines is 1. The molecule has 0 bridgehead atoms. The molecular formula is C12H16Br2N2O. The Labute approximate surface area is 118 Å². The van der Waals surface area contributed by atoms with E-state index in [1.54, 1.807) is 0 Å². The zero-order valence-electron chi connectivity index (χ0n) is 10.0. The number of amides is 1. The van der Waals surface area contributed by atoms with Gasteiger partial charge in [0.15, 0.2) is 0 Å². The highest BCUT2D eigenvalue weighted by atomic mass is 79.9. The Balaban J connectivity index is 2.13. The third kappa shape index (κ3) is 2.76. The number of aromatic nitrogens is 1. The largest absolute Gasteiger partial charge is 0.352 e. The van der Waals surface area contributed by atoms with Crippen molar-refractivity contribution in [2.45, 2.75) is 33.2 Å². The number of nitrogens with zero attached hydrogens (tertiary/aromatic N) is 1. The minimum Gasteiger partial charge on any atom is -0.352 e. The molecule has 1 aliphatic heterocycles. The zero-order valence-corrected chi connectivity index (χ0v) is 13.2. The number of fused-ring (bicyclic) bond motifs is 1. The Morgan fingerprint density at radius 1 is 1.47 bits per heavy atom. The lowest BCUT2D eigenvalue weighted by Crippen LogP contribution is -2.36. The fraction of sp³-hybridized carbons (Fsp3) is 0.583. The molecule has 0 aliphatic carbocycles. The number of carbonyl (C=O) groups is 1. The number of hydrogen-bond acceptors (Lipinski definition) is 1. The van der Waals surface area contributed by atoms with Gasteiger partial charge in [-0.2, -0.15) is 0 Å². The van der Waals surface area contributed by atoms with Gasteiger partial charge >= 0.3 is 0 Å². The van der Waals surface area contributed by atoms with Gasteiger partial charge in [-0.3, -0.25) is 4.79 Å². The van der Waals surface area contributed by atoms with E-state index in [0.717, 1.165) is 22.0 Å². The van der Waals surface area contributed by atoms with Gasteiger partial charge in [0.1, 0.15) is 0 Å². The molecule has 1 aromatic rings. The van der Waals surface area contributed by atoms with Crippen LogP contribution in [-0.2, 0) is 17.8 Å². The Hall–Kier alpha value is -0.290. The van der Waals surface area contributed by atoms with E-state index in [1.807, 2.05) is 4.90 Å². The maximum Gasteiger partial charge on any atom is 0.223 e. The van der Waals surface area contributed by atoms with Gasteiger partial charge in [0.2, 0.25) is 5.91 Å². The highest BCUT2D eigenvalue weighted by molar-refractivity contribution is 9.13. The average molecular weight is 364 g/mol. The van der Waals surface area contributed by atoms with Gasteiger partial charge in [0.05, 0.1) is 9.08 Å². The molecule has 1 N–H and O–H groups in total. The third-order valence-corrected chi connectivity index (χ3v) is 5.00. The number of hydrogen-bond donors (Lipinski definition) is 1. The standard InChI is InChI=1S/C12H16Br2N2O/c1-7(2)5-10(17)16-4-3-9-8(6-16)11(13)12(14)15-9/h7,15H,3-6H2,1-2H3. The normalized spacial score (nSPS) is 15.2. The molecule has 0 aromatic carbocycles. The molecule has 0 atom stereocenters. The third-order valence-electron chi connectivity index (χ3n) is 3.00. The summed E-state index contributed by atoms with van der Waals surface area (Å²) in [7, 11) is 0. The smallest absolute Gasteiger partial charge is 0.223 e. The fourth-order valence-electron chi connectivity index (χ4n) is 2.11. The summed E-state index contributed by atoms with van der Waals surface area (Å²) < 4.78 is 2.02. The van der Waals surface area contributed by atoms with Gasteiger partial charge < -0.3 is 9.88 Å². The van der Waals surface area contributed by atoms with Crippen molar-refractivity contribution >= 4 is 37.8 Å². The van der Waals surface area contributed by atoms with Crippen LogP contribution in [0, 0.1) is 5.92 Å². The summed E-state index contributed by atoms with van der Waals surface area (Å²) in [6.07, 6.45) is 1.54. The molecule has 3 nitrogen and oxygen atoms in total. The molecule has 0 fully saturated rings. The molecule has 1 amide bonds. The monoisotopic (exact) mass is 362 g/mol. The van der Waals surface area contributed by atoms with Crippen LogP contribution in [0.5, 0.6) is 0 Å². The first-order valence-electron chi connectivity index (χ1n) is 5.81. The first-order chi connectivity index (χ1) is 7.99. The number of halogens is 2. The van der Waals surface area contributed by atoms with Crippen molar-refractivity contribution in [1.82, 2.24) is 9.88 Å². The number of carbonyl (C=O) groups excluding carboxylic acids is 1. The van der Waals surface area contributed by atoms with Gasteiger partial charge in [-0.15, -0.1) is 0 Å². The van der Waals surface area contributed by atoms with Crippen molar-refractivity contribution in [3.8, 4) is 0 Å². The minimum atomic E-state index is 0.259. The Morgan fingerprint density at radius 2 is 2.18 bits per heavy atom. The first-order valence-corrected chi connectivity index (χ1v) is 7.40. The second-order valence-electron chi connectivity index (χ2n) is 4.87. The van der Waals surface area contributed by atoms with Gasteiger partial charge in [0, 0.05) is 37.2 Å². The maximum atomic E-state index is 12.0. The first kappa shape index (κ1) is 13.1. The van der Waals surface area contributed by atoms with E-state index in [-0.39, 0.29) is 5.91 Å². The Kier molecular flexibility index (Phi) is 3.98. The molecule has 17 heavy (non-hydrogen) atoms. The van der Waals surface area contributed by atoms with Crippen LogP contribution in [0.4, 0.5) is 0 Å². The molecular weight excluding hydrogens is 348 g/mol. The second kappa shape index (κ2) is 5.14. The van der Waals surface area contributed by atoms with Crippen molar-refractivity contribution in [3.63, 3.8) is 0 Å². The quantitative estimate of drug-likeness (QED) is 0.857. The van der Waals surface area contributed by atoms with Crippen LogP contribution in [0.2, 0.25) is 0 Å². The van der Waals surface area contributed by atoms with Crippen molar-refractivity contribution in [2.75, 3.05) is 6.54 Å². The van der Waals surface area contributed by atoms with Crippen LogP contribution < -0.4 is 0 Å². The summed E-state index contributed by atoms with van der Waals surface area (Å²) in [6, 6.07) is 0. The van der Waals surface area contributed by atoms with Gasteiger partial charge in [-0.1, -0.05) is 13.8 Å². The van der Waals surface area contributed by atoms with Crippen molar-refractivity contribution in [3.05, 3.63) is 20.3 Å². The molecule has 0 spiro atoms. The molecule has 0 unspecified atom stereocenters. The van der Waals surface area contributed by atoms with E-state index >= 15 is 0 Å². The number of H-pyrrole nitrogens is 1. The lowest BCUT2D eigenvalue weighted by molar-refractivity contribution is -0.132. The van der Waals surface area contributed by atoms with Crippen LogP contribution in [0.15, 0.2) is 9.08 Å². The average Bonchev–Trinajstić information content (AvgIpc) is 2.54. The Bertz CT molecular complexity index is 440. The summed E-state index contributed by atoms with van der Waals surface area (Å²) in [6.45, 7) is 5.69. The fourth-order valence-corrected chi connectivity index (χ4v) is 3.06. The molecule has 94 valence electrons. The summed E-state index contributed by atoms with van der Waals surface area (Å²) >= 11 is 7.01. The lowest BCUT2D eigenvalue weighted by atomic mass is 10.1. The summed E-state index contributed by atoms with van der Waals surface area (Å²) in [4.78, 5) is 17.3. The van der Waals surface area contributed by atoms with Gasteiger partial charge in [0.25, 0.3) is 0 Å². The maximum absolute atomic E-state index is 12.0. The number of rotatable bonds is 2. The van der Waals surface area contributed by atoms with Crippen molar-refractivity contribution in [2.24, 2.45) is 5.92 Å². The molecule has 0 saturated heterocycles. The van der Waals surface area contributed by atoms with Crippen LogP contribution in [0.1, 0.15) is 31.5 Å². The van der Waals surface area contributed by atoms with E-state index in [4.69, 9.17) is 0 Å². The molecule has 2 heterocycles. The highest BCUT2D eigenvalue weighted by Crippen LogP contribution is 2.33. The van der Waals surface area contributed by atoms with E-state index < -0.39 is 0 Å². The molecule has 0 radical (unpaired) electrons.